The van der Waals surface area contributed by atoms with E-state index < -0.39 is 24.3 Å². The first-order valence-electron chi connectivity index (χ1n) is 11.5. The minimum atomic E-state index is -5.08. The summed E-state index contributed by atoms with van der Waals surface area (Å²) in [5.74, 6) is -3.25. The zero-order valence-electron chi connectivity index (χ0n) is 20.7. The molecule has 2 aliphatic heterocycles. The third-order valence-corrected chi connectivity index (χ3v) is 5.98. The number of methoxy groups -OCH3 is 1. The Morgan fingerprint density at radius 1 is 0.795 bits per heavy atom. The van der Waals surface area contributed by atoms with Gasteiger partial charge in [-0.3, -0.25) is 9.80 Å². The van der Waals surface area contributed by atoms with E-state index in [2.05, 4.69) is 21.9 Å². The van der Waals surface area contributed by atoms with E-state index in [9.17, 15) is 30.7 Å². The van der Waals surface area contributed by atoms with E-state index in [1.165, 1.54) is 11.6 Å². The smallest absolute Gasteiger partial charge is 0.490 e. The second kappa shape index (κ2) is 13.6. The minimum Gasteiger partial charge on any atom is -0.497 e. The number of carboxylic acids is 2. The molecule has 2 aromatic carbocycles. The molecule has 0 aromatic heterocycles. The van der Waals surface area contributed by atoms with Crippen LogP contribution in [0.25, 0.3) is 0 Å². The van der Waals surface area contributed by atoms with E-state index in [-0.39, 0.29) is 5.82 Å². The van der Waals surface area contributed by atoms with Crippen LogP contribution in [0.1, 0.15) is 11.1 Å². The predicted octanol–water partition coefficient (Wildman–Crippen LogP) is 4.66. The number of hydrogen-bond acceptors (Lipinski definition) is 5. The van der Waals surface area contributed by atoms with E-state index in [0.717, 1.165) is 62.4 Å². The molecule has 0 amide bonds. The number of hydrogen-bond donors (Lipinski definition) is 2. The highest BCUT2D eigenvalue weighted by Crippen LogP contribution is 2.32. The Morgan fingerprint density at radius 2 is 1.21 bits per heavy atom. The lowest BCUT2D eigenvalue weighted by atomic mass is 10.0. The van der Waals surface area contributed by atoms with Gasteiger partial charge in [0.15, 0.2) is 0 Å². The van der Waals surface area contributed by atoms with Crippen molar-refractivity contribution in [3.05, 3.63) is 65.5 Å². The Bertz CT molecular complexity index is 1060. The number of aliphatic carboxylic acids is 2. The highest BCUT2D eigenvalue weighted by Gasteiger charge is 2.40. The number of carbonyl (C=O) groups is 2. The summed E-state index contributed by atoms with van der Waals surface area (Å²) in [6.45, 7) is 6.46. The molecule has 0 spiro atoms. The highest BCUT2D eigenvalue weighted by atomic mass is 19.4. The Kier molecular flexibility index (Phi) is 11.1. The predicted molar refractivity (Wildman–Crippen MR) is 124 cm³/mol. The van der Waals surface area contributed by atoms with Crippen LogP contribution in [0.2, 0.25) is 0 Å². The van der Waals surface area contributed by atoms with Gasteiger partial charge in [-0.2, -0.15) is 26.3 Å². The third kappa shape index (κ3) is 10.7. The van der Waals surface area contributed by atoms with Crippen LogP contribution in [0.4, 0.5) is 30.7 Å². The topological polar surface area (TPSA) is 90.3 Å². The maximum atomic E-state index is 13.3. The molecule has 2 atom stereocenters. The van der Waals surface area contributed by atoms with Crippen LogP contribution in [0, 0.1) is 17.7 Å². The maximum Gasteiger partial charge on any atom is 0.490 e. The van der Waals surface area contributed by atoms with Crippen molar-refractivity contribution >= 4 is 11.9 Å². The number of fused-ring (bicyclic) bond motifs is 1. The molecule has 39 heavy (non-hydrogen) atoms. The lowest BCUT2D eigenvalue weighted by Gasteiger charge is -2.21. The molecular formula is C25H27F7N2O5. The molecule has 7 nitrogen and oxygen atoms in total. The van der Waals surface area contributed by atoms with Crippen molar-refractivity contribution in [3.8, 4) is 5.75 Å². The Labute approximate surface area is 219 Å². The van der Waals surface area contributed by atoms with Crippen molar-refractivity contribution in [2.24, 2.45) is 11.8 Å². The van der Waals surface area contributed by atoms with Gasteiger partial charge in [0.05, 0.1) is 7.11 Å². The van der Waals surface area contributed by atoms with Crippen LogP contribution in [0.15, 0.2) is 48.5 Å². The highest BCUT2D eigenvalue weighted by molar-refractivity contribution is 5.73. The molecule has 2 saturated heterocycles. The van der Waals surface area contributed by atoms with Crippen LogP contribution in [0.3, 0.4) is 0 Å². The van der Waals surface area contributed by atoms with Crippen LogP contribution < -0.4 is 4.74 Å². The molecule has 2 aromatic rings. The molecule has 0 radical (unpaired) electrons. The van der Waals surface area contributed by atoms with Crippen LogP contribution in [-0.4, -0.2) is 77.6 Å². The Morgan fingerprint density at radius 3 is 1.56 bits per heavy atom. The molecule has 2 unspecified atom stereocenters. The number of ether oxygens (including phenoxy) is 1. The van der Waals surface area contributed by atoms with Gasteiger partial charge in [-0.15, -0.1) is 0 Å². The lowest BCUT2D eigenvalue weighted by Crippen LogP contribution is -2.28. The maximum absolute atomic E-state index is 13.3. The summed E-state index contributed by atoms with van der Waals surface area (Å²) < 4.78 is 82.0. The third-order valence-electron chi connectivity index (χ3n) is 5.98. The van der Waals surface area contributed by atoms with E-state index in [1.54, 1.807) is 19.2 Å². The van der Waals surface area contributed by atoms with Crippen molar-refractivity contribution in [3.63, 3.8) is 0 Å². The van der Waals surface area contributed by atoms with Gasteiger partial charge in [-0.1, -0.05) is 24.3 Å². The summed E-state index contributed by atoms with van der Waals surface area (Å²) in [7, 11) is 1.70. The Balaban J connectivity index is 0.000000317. The number of carboxylic acid groups (broad SMARTS) is 2. The van der Waals surface area contributed by atoms with Gasteiger partial charge >= 0.3 is 24.3 Å². The molecule has 4 rings (SSSR count). The average molecular weight is 568 g/mol. The molecule has 2 heterocycles. The summed E-state index contributed by atoms with van der Waals surface area (Å²) in [4.78, 5) is 22.8. The molecule has 0 bridgehead atoms. The number of benzene rings is 2. The number of likely N-dealkylation sites (tertiary alicyclic amines) is 2. The van der Waals surface area contributed by atoms with Gasteiger partial charge in [0.1, 0.15) is 11.6 Å². The van der Waals surface area contributed by atoms with Crippen molar-refractivity contribution in [2.75, 3.05) is 33.3 Å². The van der Waals surface area contributed by atoms with Crippen molar-refractivity contribution in [1.29, 1.82) is 0 Å². The molecule has 14 heteroatoms. The quantitative estimate of drug-likeness (QED) is 0.507. The van der Waals surface area contributed by atoms with Gasteiger partial charge in [-0.05, 0) is 47.2 Å². The molecule has 2 N–H and O–H groups in total. The molecule has 216 valence electrons. The summed E-state index contributed by atoms with van der Waals surface area (Å²) >= 11 is 0. The van der Waals surface area contributed by atoms with Gasteiger partial charge in [-0.25, -0.2) is 14.0 Å². The lowest BCUT2D eigenvalue weighted by molar-refractivity contribution is -0.193. The summed E-state index contributed by atoms with van der Waals surface area (Å²) in [6.07, 6.45) is -10.2. The van der Waals surface area contributed by atoms with Crippen molar-refractivity contribution in [2.45, 2.75) is 25.4 Å². The van der Waals surface area contributed by atoms with E-state index in [1.807, 2.05) is 18.2 Å². The fourth-order valence-corrected chi connectivity index (χ4v) is 4.33. The van der Waals surface area contributed by atoms with Gasteiger partial charge in [0.25, 0.3) is 0 Å². The van der Waals surface area contributed by atoms with Crippen LogP contribution in [0.5, 0.6) is 5.75 Å². The first-order chi connectivity index (χ1) is 18.1. The van der Waals surface area contributed by atoms with E-state index in [4.69, 9.17) is 24.5 Å². The normalized spacial score (nSPS) is 19.3. The van der Waals surface area contributed by atoms with E-state index in [0.29, 0.717) is 0 Å². The first-order valence-corrected chi connectivity index (χ1v) is 11.5. The standard InChI is InChI=1S/C21H25FN2O.2C2HF3O2/c1-25-21-7-5-16(6-8-21)10-23-12-18-14-24(15-19(18)13-23)11-17-3-2-4-20(22)9-17;2*3-2(4,5)1(6)7/h2-9,18-19H,10-15H2,1H3;2*(H,6,7). The van der Waals surface area contributed by atoms with Crippen LogP contribution >= 0.6 is 0 Å². The molecule has 0 saturated carbocycles. The first kappa shape index (κ1) is 31.8. The molecule has 0 aliphatic carbocycles. The second-order valence-electron chi connectivity index (χ2n) is 8.99. The minimum absolute atomic E-state index is 0.137. The second-order valence-corrected chi connectivity index (χ2v) is 8.99. The number of nitrogens with zero attached hydrogens (tertiary/aromatic N) is 2. The largest absolute Gasteiger partial charge is 0.497 e. The van der Waals surface area contributed by atoms with Gasteiger partial charge in [0.2, 0.25) is 0 Å². The fraction of sp³-hybridized carbons (Fsp3) is 0.440. The number of alkyl halides is 6. The number of halogens is 7. The molecule has 2 fully saturated rings. The summed E-state index contributed by atoms with van der Waals surface area (Å²) in [5.41, 5.74) is 2.42. The van der Waals surface area contributed by atoms with Crippen molar-refractivity contribution in [1.82, 2.24) is 9.80 Å². The van der Waals surface area contributed by atoms with E-state index >= 15 is 0 Å². The zero-order chi connectivity index (χ0) is 29.4. The molecular weight excluding hydrogens is 541 g/mol. The molecule has 2 aliphatic rings. The monoisotopic (exact) mass is 568 g/mol. The van der Waals surface area contributed by atoms with Gasteiger partial charge < -0.3 is 14.9 Å². The van der Waals surface area contributed by atoms with Crippen LogP contribution in [-0.2, 0) is 22.7 Å². The fourth-order valence-electron chi connectivity index (χ4n) is 4.33. The van der Waals surface area contributed by atoms with Gasteiger partial charge in [0, 0.05) is 39.3 Å². The SMILES string of the molecule is COc1ccc(CN2CC3CN(Cc4cccc(F)c4)CC3C2)cc1.O=C(O)C(F)(F)F.O=C(O)C(F)(F)F. The summed E-state index contributed by atoms with van der Waals surface area (Å²) in [6, 6.07) is 15.4. The summed E-state index contributed by atoms with van der Waals surface area (Å²) in [5, 5.41) is 14.2. The zero-order valence-corrected chi connectivity index (χ0v) is 20.7. The Hall–Kier alpha value is -3.39. The number of rotatable bonds is 5. The average Bonchev–Trinajstić information content (AvgIpc) is 3.37. The van der Waals surface area contributed by atoms with Crippen molar-refractivity contribution < 1.29 is 55.3 Å².